The number of hydrogen-bond donors (Lipinski definition) is 0. The Bertz CT molecular complexity index is 254. The zero-order chi connectivity index (χ0) is 9.52. The molecular weight excluding hydrogens is 156 g/mol. The molecule has 0 aliphatic rings. The fourth-order valence-corrected chi connectivity index (χ4v) is 1.23. The van der Waals surface area contributed by atoms with Crippen LogP contribution in [0.25, 0.3) is 0 Å². The Balaban J connectivity index is 2.41. The van der Waals surface area contributed by atoms with Gasteiger partial charge < -0.3 is 0 Å². The van der Waals surface area contributed by atoms with Gasteiger partial charge in [0.1, 0.15) is 0 Å². The SMILES string of the molecule is CCC/C=C\Cc1ccc(C)cc1. The number of unbranched alkanes of at least 4 members (excludes halogenated alkanes) is 1. The highest BCUT2D eigenvalue weighted by atomic mass is 13.9. The molecule has 0 aliphatic heterocycles. The minimum Gasteiger partial charge on any atom is -0.0882 e. The topological polar surface area (TPSA) is 0 Å². The number of rotatable bonds is 4. The third-order valence-electron chi connectivity index (χ3n) is 2.10. The van der Waals surface area contributed by atoms with Crippen LogP contribution in [0.15, 0.2) is 36.4 Å². The van der Waals surface area contributed by atoms with E-state index in [1.165, 1.54) is 24.0 Å². The van der Waals surface area contributed by atoms with Crippen LogP contribution < -0.4 is 0 Å². The van der Waals surface area contributed by atoms with Gasteiger partial charge in [0.25, 0.3) is 0 Å². The van der Waals surface area contributed by atoms with Gasteiger partial charge >= 0.3 is 0 Å². The number of benzene rings is 1. The van der Waals surface area contributed by atoms with Gasteiger partial charge in [-0.1, -0.05) is 55.3 Å². The lowest BCUT2D eigenvalue weighted by atomic mass is 10.1. The van der Waals surface area contributed by atoms with E-state index in [-0.39, 0.29) is 0 Å². The Kier molecular flexibility index (Phi) is 4.31. The van der Waals surface area contributed by atoms with Crippen LogP contribution in [0.3, 0.4) is 0 Å². The van der Waals surface area contributed by atoms with Crippen LogP contribution in [0.2, 0.25) is 0 Å². The summed E-state index contributed by atoms with van der Waals surface area (Å²) in [5, 5.41) is 0. The van der Waals surface area contributed by atoms with E-state index < -0.39 is 0 Å². The van der Waals surface area contributed by atoms with Gasteiger partial charge in [-0.05, 0) is 25.3 Å². The summed E-state index contributed by atoms with van der Waals surface area (Å²) in [4.78, 5) is 0. The minimum atomic E-state index is 1.07. The first-order chi connectivity index (χ1) is 6.33. The summed E-state index contributed by atoms with van der Waals surface area (Å²) in [6.07, 6.45) is 8.03. The second-order valence-electron chi connectivity index (χ2n) is 3.45. The second kappa shape index (κ2) is 5.58. The fraction of sp³-hybridized carbons (Fsp3) is 0.385. The van der Waals surface area contributed by atoms with Crippen LogP contribution in [0.1, 0.15) is 30.9 Å². The summed E-state index contributed by atoms with van der Waals surface area (Å²) in [6, 6.07) is 8.74. The van der Waals surface area contributed by atoms with Crippen LogP contribution in [0.5, 0.6) is 0 Å². The molecule has 1 aromatic rings. The molecule has 0 heterocycles. The van der Waals surface area contributed by atoms with Crippen molar-refractivity contribution in [1.29, 1.82) is 0 Å². The molecule has 0 radical (unpaired) electrons. The molecule has 0 aliphatic carbocycles. The molecule has 0 fully saturated rings. The molecule has 70 valence electrons. The molecule has 0 unspecified atom stereocenters. The number of aryl methyl sites for hydroxylation is 1. The molecule has 0 bridgehead atoms. The van der Waals surface area contributed by atoms with Crippen LogP contribution in [-0.4, -0.2) is 0 Å². The van der Waals surface area contributed by atoms with E-state index in [9.17, 15) is 0 Å². The molecule has 13 heavy (non-hydrogen) atoms. The first-order valence-corrected chi connectivity index (χ1v) is 5.03. The van der Waals surface area contributed by atoms with Crippen LogP contribution in [0, 0.1) is 6.92 Å². The normalized spacial score (nSPS) is 10.9. The summed E-state index contributed by atoms with van der Waals surface area (Å²) in [7, 11) is 0. The lowest BCUT2D eigenvalue weighted by molar-refractivity contribution is 0.953. The van der Waals surface area contributed by atoms with Gasteiger partial charge in [-0.25, -0.2) is 0 Å². The lowest BCUT2D eigenvalue weighted by Gasteiger charge is -1.96. The van der Waals surface area contributed by atoms with E-state index in [1.54, 1.807) is 0 Å². The summed E-state index contributed by atoms with van der Waals surface area (Å²) >= 11 is 0. The van der Waals surface area contributed by atoms with Crippen molar-refractivity contribution in [3.63, 3.8) is 0 Å². The van der Waals surface area contributed by atoms with Gasteiger partial charge in [0.2, 0.25) is 0 Å². The summed E-state index contributed by atoms with van der Waals surface area (Å²) < 4.78 is 0. The summed E-state index contributed by atoms with van der Waals surface area (Å²) in [6.45, 7) is 4.33. The molecule has 0 amide bonds. The molecule has 0 spiro atoms. The first kappa shape index (κ1) is 10.0. The molecule has 1 aromatic carbocycles. The smallest absolute Gasteiger partial charge is 0.00975 e. The molecule has 0 heteroatoms. The Morgan fingerprint density at radius 1 is 1.08 bits per heavy atom. The zero-order valence-corrected chi connectivity index (χ0v) is 8.59. The highest BCUT2D eigenvalue weighted by molar-refractivity contribution is 5.22. The monoisotopic (exact) mass is 174 g/mol. The largest absolute Gasteiger partial charge is 0.0882 e. The molecule has 0 saturated heterocycles. The van der Waals surface area contributed by atoms with Crippen molar-refractivity contribution in [1.82, 2.24) is 0 Å². The first-order valence-electron chi connectivity index (χ1n) is 5.03. The van der Waals surface area contributed by atoms with Crippen molar-refractivity contribution < 1.29 is 0 Å². The molecule has 0 aromatic heterocycles. The van der Waals surface area contributed by atoms with Gasteiger partial charge in [0.05, 0.1) is 0 Å². The maximum atomic E-state index is 2.26. The Morgan fingerprint density at radius 3 is 2.38 bits per heavy atom. The quantitative estimate of drug-likeness (QED) is 0.607. The summed E-state index contributed by atoms with van der Waals surface area (Å²) in [5.41, 5.74) is 2.74. The molecule has 1 rings (SSSR count). The van der Waals surface area contributed by atoms with Crippen molar-refractivity contribution >= 4 is 0 Å². The molecule has 0 saturated carbocycles. The van der Waals surface area contributed by atoms with Gasteiger partial charge in [-0.3, -0.25) is 0 Å². The highest BCUT2D eigenvalue weighted by Crippen LogP contribution is 2.04. The van der Waals surface area contributed by atoms with Crippen molar-refractivity contribution in [3.8, 4) is 0 Å². The van der Waals surface area contributed by atoms with Crippen LogP contribution in [0.4, 0.5) is 0 Å². The van der Waals surface area contributed by atoms with E-state index in [0.29, 0.717) is 0 Å². The standard InChI is InChI=1S/C13H18/c1-3-4-5-6-7-13-10-8-12(2)9-11-13/h5-6,8-11H,3-4,7H2,1-2H3/b6-5-. The van der Waals surface area contributed by atoms with Gasteiger partial charge in [0, 0.05) is 0 Å². The third kappa shape index (κ3) is 3.93. The maximum Gasteiger partial charge on any atom is -0.00975 e. The Hall–Kier alpha value is -1.04. The predicted octanol–water partition coefficient (Wildman–Crippen LogP) is 3.89. The lowest BCUT2D eigenvalue weighted by Crippen LogP contribution is -1.80. The molecule has 0 N–H and O–H groups in total. The van der Waals surface area contributed by atoms with Crippen molar-refractivity contribution in [2.45, 2.75) is 33.1 Å². The van der Waals surface area contributed by atoms with E-state index in [2.05, 4.69) is 50.3 Å². The Morgan fingerprint density at radius 2 is 1.77 bits per heavy atom. The fourth-order valence-electron chi connectivity index (χ4n) is 1.23. The highest BCUT2D eigenvalue weighted by Gasteiger charge is 1.87. The minimum absolute atomic E-state index is 1.07. The average Bonchev–Trinajstić information content (AvgIpc) is 2.15. The van der Waals surface area contributed by atoms with Crippen molar-refractivity contribution in [2.75, 3.05) is 0 Å². The molecular formula is C13H18. The number of allylic oxidation sites excluding steroid dienone is 2. The predicted molar refractivity (Wildman–Crippen MR) is 58.9 cm³/mol. The van der Waals surface area contributed by atoms with E-state index in [1.807, 2.05) is 0 Å². The Labute approximate surface area is 81.3 Å². The third-order valence-corrected chi connectivity index (χ3v) is 2.10. The summed E-state index contributed by atoms with van der Waals surface area (Å²) in [5.74, 6) is 0. The van der Waals surface area contributed by atoms with E-state index in [4.69, 9.17) is 0 Å². The average molecular weight is 174 g/mol. The van der Waals surface area contributed by atoms with Gasteiger partial charge in [-0.15, -0.1) is 0 Å². The molecule has 0 atom stereocenters. The second-order valence-corrected chi connectivity index (χ2v) is 3.45. The van der Waals surface area contributed by atoms with Crippen LogP contribution in [-0.2, 0) is 6.42 Å². The van der Waals surface area contributed by atoms with E-state index >= 15 is 0 Å². The zero-order valence-electron chi connectivity index (χ0n) is 8.59. The molecule has 0 nitrogen and oxygen atoms in total. The van der Waals surface area contributed by atoms with Gasteiger partial charge in [0.15, 0.2) is 0 Å². The number of hydrogen-bond acceptors (Lipinski definition) is 0. The van der Waals surface area contributed by atoms with Crippen molar-refractivity contribution in [2.24, 2.45) is 0 Å². The van der Waals surface area contributed by atoms with Crippen LogP contribution >= 0.6 is 0 Å². The maximum absolute atomic E-state index is 2.26. The van der Waals surface area contributed by atoms with E-state index in [0.717, 1.165) is 6.42 Å². The van der Waals surface area contributed by atoms with Crippen molar-refractivity contribution in [3.05, 3.63) is 47.5 Å². The van der Waals surface area contributed by atoms with Gasteiger partial charge in [-0.2, -0.15) is 0 Å².